The summed E-state index contributed by atoms with van der Waals surface area (Å²) in [5, 5.41) is 3.41. The lowest BCUT2D eigenvalue weighted by molar-refractivity contribution is 0.270. The zero-order chi connectivity index (χ0) is 13.8. The highest BCUT2D eigenvalue weighted by molar-refractivity contribution is 7.52. The largest absolute Gasteiger partial charge is 0.458 e. The van der Waals surface area contributed by atoms with Crippen LogP contribution in [-0.4, -0.2) is 13.2 Å². The van der Waals surface area contributed by atoms with E-state index in [1.165, 1.54) is 12.1 Å². The van der Waals surface area contributed by atoms with Crippen LogP contribution in [-0.2, 0) is 9.09 Å². The van der Waals surface area contributed by atoms with E-state index in [2.05, 4.69) is 5.09 Å². The molecule has 0 bridgehead atoms. The van der Waals surface area contributed by atoms with Crippen molar-refractivity contribution in [2.75, 3.05) is 13.2 Å². The van der Waals surface area contributed by atoms with Crippen molar-refractivity contribution in [1.29, 1.82) is 0 Å². The Bertz CT molecular complexity index is 460. The first-order valence-corrected chi connectivity index (χ1v) is 7.93. The number of halogens is 3. The second-order valence-corrected chi connectivity index (χ2v) is 6.19. The fourth-order valence-electron chi connectivity index (χ4n) is 1.17. The van der Waals surface area contributed by atoms with Crippen LogP contribution in [0.3, 0.4) is 0 Å². The molecule has 4 nitrogen and oxygen atoms in total. The van der Waals surface area contributed by atoms with Gasteiger partial charge in [-0.1, -0.05) is 41.7 Å². The molecular weight excluding hydrogens is 319 g/mol. The fraction of sp³-hybridized carbons (Fsp3) is 0.400. The first-order chi connectivity index (χ1) is 8.41. The Morgan fingerprint density at radius 3 is 2.33 bits per heavy atom. The molecule has 0 heterocycles. The standard InChI is InChI=1S/C10H13Cl3NO3P/c1-3-14-18(15,16-4-2)17-10-6-8(12)7(11)5-9(10)13/h5-6H,3-4H2,1-2H3,(H,14,15). The van der Waals surface area contributed by atoms with E-state index in [1.807, 2.05) is 0 Å². The van der Waals surface area contributed by atoms with Gasteiger partial charge in [-0.2, -0.15) is 0 Å². The molecule has 18 heavy (non-hydrogen) atoms. The van der Waals surface area contributed by atoms with Gasteiger partial charge in [0, 0.05) is 12.6 Å². The van der Waals surface area contributed by atoms with Crippen LogP contribution < -0.4 is 9.61 Å². The average molecular weight is 333 g/mol. The van der Waals surface area contributed by atoms with Crippen molar-refractivity contribution in [3.8, 4) is 5.75 Å². The maximum Gasteiger partial charge on any atom is 0.458 e. The number of benzene rings is 1. The van der Waals surface area contributed by atoms with Gasteiger partial charge >= 0.3 is 7.75 Å². The second-order valence-electron chi connectivity index (χ2n) is 3.21. The lowest BCUT2D eigenvalue weighted by Gasteiger charge is -2.19. The predicted octanol–water partition coefficient (Wildman–Crippen LogP) is 4.78. The highest BCUT2D eigenvalue weighted by Gasteiger charge is 2.26. The SMILES string of the molecule is CCNP(=O)(OCC)Oc1cc(Cl)c(Cl)cc1Cl. The number of hydrogen-bond acceptors (Lipinski definition) is 3. The minimum Gasteiger partial charge on any atom is -0.412 e. The van der Waals surface area contributed by atoms with Gasteiger partial charge in [-0.05, 0) is 13.0 Å². The minimum absolute atomic E-state index is 0.156. The molecule has 1 unspecified atom stereocenters. The molecule has 0 aliphatic rings. The van der Waals surface area contributed by atoms with Crippen molar-refractivity contribution >= 4 is 42.5 Å². The molecule has 0 aromatic heterocycles. The van der Waals surface area contributed by atoms with Gasteiger partial charge in [0.1, 0.15) is 0 Å². The van der Waals surface area contributed by atoms with Crippen LogP contribution in [0.15, 0.2) is 12.1 Å². The molecule has 1 N–H and O–H groups in total. The van der Waals surface area contributed by atoms with E-state index in [0.717, 1.165) is 0 Å². The van der Waals surface area contributed by atoms with Gasteiger partial charge in [0.05, 0.1) is 21.7 Å². The minimum atomic E-state index is -3.44. The third-order valence-corrected chi connectivity index (χ3v) is 4.60. The van der Waals surface area contributed by atoms with Gasteiger partial charge in [0.2, 0.25) is 0 Å². The normalized spacial score (nSPS) is 14.3. The molecule has 0 amide bonds. The summed E-state index contributed by atoms with van der Waals surface area (Å²) < 4.78 is 22.6. The summed E-state index contributed by atoms with van der Waals surface area (Å²) in [5.41, 5.74) is 0. The first-order valence-electron chi connectivity index (χ1n) is 5.25. The summed E-state index contributed by atoms with van der Waals surface area (Å²) in [6.45, 7) is 4.16. The fourth-order valence-corrected chi connectivity index (χ4v) is 3.15. The Hall–Kier alpha value is 0.0400. The summed E-state index contributed by atoms with van der Waals surface area (Å²) in [4.78, 5) is 0. The van der Waals surface area contributed by atoms with Crippen LogP contribution in [0, 0.1) is 0 Å². The van der Waals surface area contributed by atoms with Gasteiger partial charge in [-0.3, -0.25) is 4.52 Å². The van der Waals surface area contributed by atoms with E-state index >= 15 is 0 Å². The Morgan fingerprint density at radius 1 is 1.17 bits per heavy atom. The Kier molecular flexibility index (Phi) is 6.25. The molecule has 1 atom stereocenters. The highest BCUT2D eigenvalue weighted by atomic mass is 35.5. The first kappa shape index (κ1) is 16.1. The maximum atomic E-state index is 12.2. The van der Waals surface area contributed by atoms with E-state index < -0.39 is 7.75 Å². The van der Waals surface area contributed by atoms with E-state index in [0.29, 0.717) is 11.6 Å². The van der Waals surface area contributed by atoms with Gasteiger partial charge in [-0.15, -0.1) is 0 Å². The molecule has 102 valence electrons. The zero-order valence-corrected chi connectivity index (χ0v) is 13.0. The third kappa shape index (κ3) is 4.30. The lowest BCUT2D eigenvalue weighted by atomic mass is 10.3. The maximum absolute atomic E-state index is 12.2. The molecule has 1 aromatic rings. The summed E-state index contributed by atoms with van der Waals surface area (Å²) in [5.74, 6) is 0.156. The second kappa shape index (κ2) is 6.99. The smallest absolute Gasteiger partial charge is 0.412 e. The monoisotopic (exact) mass is 331 g/mol. The topological polar surface area (TPSA) is 47.6 Å². The highest BCUT2D eigenvalue weighted by Crippen LogP contribution is 2.47. The molecule has 0 aliphatic carbocycles. The van der Waals surface area contributed by atoms with Crippen molar-refractivity contribution in [3.63, 3.8) is 0 Å². The summed E-state index contributed by atoms with van der Waals surface area (Å²) in [7, 11) is -3.44. The van der Waals surface area contributed by atoms with E-state index in [4.69, 9.17) is 43.9 Å². The van der Waals surface area contributed by atoms with Gasteiger partial charge in [0.25, 0.3) is 0 Å². The van der Waals surface area contributed by atoms with Gasteiger partial charge < -0.3 is 4.52 Å². The lowest BCUT2D eigenvalue weighted by Crippen LogP contribution is -2.16. The molecule has 0 saturated carbocycles. The summed E-state index contributed by atoms with van der Waals surface area (Å²) in [6.07, 6.45) is 0. The van der Waals surface area contributed by atoms with Crippen LogP contribution in [0.4, 0.5) is 0 Å². The molecule has 0 radical (unpaired) electrons. The molecule has 1 rings (SSSR count). The molecule has 1 aromatic carbocycles. The molecule has 0 fully saturated rings. The molecule has 0 spiro atoms. The van der Waals surface area contributed by atoms with Crippen LogP contribution >= 0.6 is 42.5 Å². The predicted molar refractivity (Wildman–Crippen MR) is 75.0 cm³/mol. The van der Waals surface area contributed by atoms with Gasteiger partial charge in [0.15, 0.2) is 5.75 Å². The van der Waals surface area contributed by atoms with E-state index in [1.54, 1.807) is 13.8 Å². The summed E-state index contributed by atoms with van der Waals surface area (Å²) >= 11 is 17.6. The number of rotatable bonds is 6. The quantitative estimate of drug-likeness (QED) is 0.601. The van der Waals surface area contributed by atoms with E-state index in [-0.39, 0.29) is 22.4 Å². The van der Waals surface area contributed by atoms with E-state index in [9.17, 15) is 4.57 Å². The number of nitrogens with one attached hydrogen (secondary N) is 1. The molecule has 8 heteroatoms. The Balaban J connectivity index is 3.01. The van der Waals surface area contributed by atoms with Crippen LogP contribution in [0.5, 0.6) is 5.75 Å². The van der Waals surface area contributed by atoms with Crippen LogP contribution in [0.25, 0.3) is 0 Å². The Labute approximate surface area is 121 Å². The average Bonchev–Trinajstić information content (AvgIpc) is 2.26. The van der Waals surface area contributed by atoms with Gasteiger partial charge in [-0.25, -0.2) is 9.65 Å². The van der Waals surface area contributed by atoms with Crippen molar-refractivity contribution < 1.29 is 13.6 Å². The molecular formula is C10H13Cl3NO3P. The zero-order valence-electron chi connectivity index (χ0n) is 9.87. The van der Waals surface area contributed by atoms with Crippen molar-refractivity contribution in [3.05, 3.63) is 27.2 Å². The Morgan fingerprint density at radius 2 is 1.78 bits per heavy atom. The van der Waals surface area contributed by atoms with Crippen molar-refractivity contribution in [1.82, 2.24) is 5.09 Å². The van der Waals surface area contributed by atoms with Crippen LogP contribution in [0.1, 0.15) is 13.8 Å². The number of hydrogen-bond donors (Lipinski definition) is 1. The third-order valence-electron chi connectivity index (χ3n) is 1.84. The summed E-state index contributed by atoms with van der Waals surface area (Å²) in [6, 6.07) is 2.82. The van der Waals surface area contributed by atoms with Crippen molar-refractivity contribution in [2.24, 2.45) is 0 Å². The van der Waals surface area contributed by atoms with Crippen LogP contribution in [0.2, 0.25) is 15.1 Å². The van der Waals surface area contributed by atoms with Crippen molar-refractivity contribution in [2.45, 2.75) is 13.8 Å². The molecule has 0 saturated heterocycles. The molecule has 0 aliphatic heterocycles.